The van der Waals surface area contributed by atoms with Gasteiger partial charge in [-0.1, -0.05) is 35.8 Å². The number of nitrogens with one attached hydrogen (secondary N) is 1. The number of benzene rings is 1. The fourth-order valence-electron chi connectivity index (χ4n) is 0.716. The molecule has 0 spiro atoms. The van der Waals surface area contributed by atoms with Crippen molar-refractivity contribution in [2.45, 2.75) is 0 Å². The van der Waals surface area contributed by atoms with E-state index in [1.54, 1.807) is 0 Å². The molecule has 1 rings (SSSR count). The third kappa shape index (κ3) is 1.90. The van der Waals surface area contributed by atoms with Crippen LogP contribution in [0.5, 0.6) is 0 Å². The zero-order chi connectivity index (χ0) is 6.53. The molecule has 45 valence electrons. The van der Waals surface area contributed by atoms with Crippen molar-refractivity contribution < 1.29 is 0 Å². The van der Waals surface area contributed by atoms with Crippen LogP contribution < -0.4 is 10.7 Å². The molecule has 0 aliphatic rings. The lowest BCUT2D eigenvalue weighted by Gasteiger charge is -1.93. The van der Waals surface area contributed by atoms with E-state index in [9.17, 15) is 0 Å². The maximum absolute atomic E-state index is 2.96. The summed E-state index contributed by atoms with van der Waals surface area (Å²) in [6, 6.07) is 10.1. The maximum atomic E-state index is 2.96. The fraction of sp³-hybridized carbons (Fsp3) is 0.143. The second-order valence-corrected chi connectivity index (χ2v) is 1.84. The summed E-state index contributed by atoms with van der Waals surface area (Å²) in [5, 5.41) is 2.96. The molecule has 0 atom stereocenters. The SMILES string of the molecule is CN[B]c1ccccc1. The van der Waals surface area contributed by atoms with Crippen molar-refractivity contribution in [2.24, 2.45) is 0 Å². The molecule has 1 N–H and O–H groups in total. The van der Waals surface area contributed by atoms with Gasteiger partial charge in [0.1, 0.15) is 0 Å². The van der Waals surface area contributed by atoms with Gasteiger partial charge in [0, 0.05) is 0 Å². The van der Waals surface area contributed by atoms with Gasteiger partial charge in [-0.15, -0.1) is 0 Å². The monoisotopic (exact) mass is 118 g/mol. The van der Waals surface area contributed by atoms with Gasteiger partial charge in [-0.25, -0.2) is 0 Å². The molecule has 1 aromatic rings. The van der Waals surface area contributed by atoms with Gasteiger partial charge in [-0.2, -0.15) is 0 Å². The van der Waals surface area contributed by atoms with Gasteiger partial charge >= 0.3 is 0 Å². The Morgan fingerprint density at radius 1 is 1.22 bits per heavy atom. The lowest BCUT2D eigenvalue weighted by atomic mass is 9.84. The van der Waals surface area contributed by atoms with Crippen LogP contribution in [-0.2, 0) is 0 Å². The van der Waals surface area contributed by atoms with E-state index in [2.05, 4.69) is 17.4 Å². The van der Waals surface area contributed by atoms with Gasteiger partial charge in [0.25, 0.3) is 0 Å². The Bertz CT molecular complexity index is 162. The quantitative estimate of drug-likeness (QED) is 0.545. The van der Waals surface area contributed by atoms with Crippen LogP contribution in [0.15, 0.2) is 30.3 Å². The molecule has 0 aliphatic carbocycles. The van der Waals surface area contributed by atoms with E-state index >= 15 is 0 Å². The average Bonchev–Trinajstić information content (AvgIpc) is 1.91. The summed E-state index contributed by atoms with van der Waals surface area (Å²) < 4.78 is 0. The first kappa shape index (κ1) is 6.37. The molecule has 1 aromatic carbocycles. The number of rotatable bonds is 2. The molecule has 9 heavy (non-hydrogen) atoms. The predicted molar refractivity (Wildman–Crippen MR) is 40.9 cm³/mol. The molecule has 0 fully saturated rings. The van der Waals surface area contributed by atoms with Crippen LogP contribution in [0.4, 0.5) is 0 Å². The summed E-state index contributed by atoms with van der Waals surface area (Å²) in [5.41, 5.74) is 1.21. The van der Waals surface area contributed by atoms with Crippen molar-refractivity contribution >= 4 is 12.9 Å². The lowest BCUT2D eigenvalue weighted by Crippen LogP contribution is -2.26. The van der Waals surface area contributed by atoms with Crippen LogP contribution in [0.2, 0.25) is 0 Å². The molecule has 0 unspecified atom stereocenters. The predicted octanol–water partition coefficient (Wildman–Crippen LogP) is 0.150. The molecule has 0 amide bonds. The van der Waals surface area contributed by atoms with Crippen molar-refractivity contribution in [2.75, 3.05) is 7.05 Å². The van der Waals surface area contributed by atoms with E-state index in [-0.39, 0.29) is 0 Å². The highest BCUT2D eigenvalue weighted by Crippen LogP contribution is 1.78. The molecular formula is C7H9BN. The summed E-state index contributed by atoms with van der Waals surface area (Å²) in [6.07, 6.45) is 0. The van der Waals surface area contributed by atoms with E-state index in [1.165, 1.54) is 5.46 Å². The van der Waals surface area contributed by atoms with E-state index < -0.39 is 0 Å². The molecule has 2 heteroatoms. The third-order valence-corrected chi connectivity index (χ3v) is 1.11. The smallest absolute Gasteiger partial charge is 0.244 e. The second-order valence-electron chi connectivity index (χ2n) is 1.84. The summed E-state index contributed by atoms with van der Waals surface area (Å²) in [5.74, 6) is 0. The van der Waals surface area contributed by atoms with Gasteiger partial charge in [0.05, 0.1) is 0 Å². The van der Waals surface area contributed by atoms with Crippen molar-refractivity contribution in [3.63, 3.8) is 0 Å². The molecule has 1 radical (unpaired) electrons. The van der Waals surface area contributed by atoms with Crippen molar-refractivity contribution in [1.82, 2.24) is 5.23 Å². The second kappa shape index (κ2) is 3.31. The van der Waals surface area contributed by atoms with Gasteiger partial charge in [0.15, 0.2) is 0 Å². The van der Waals surface area contributed by atoms with Crippen LogP contribution in [0.1, 0.15) is 0 Å². The summed E-state index contributed by atoms with van der Waals surface area (Å²) >= 11 is 0. The highest BCUT2D eigenvalue weighted by Gasteiger charge is 1.87. The van der Waals surface area contributed by atoms with E-state index in [0.717, 1.165) is 0 Å². The highest BCUT2D eigenvalue weighted by molar-refractivity contribution is 6.50. The van der Waals surface area contributed by atoms with E-state index in [4.69, 9.17) is 0 Å². The minimum atomic E-state index is 1.21. The first-order chi connectivity index (χ1) is 4.43. The summed E-state index contributed by atoms with van der Waals surface area (Å²) in [6.45, 7) is 0. The molecule has 0 saturated carbocycles. The van der Waals surface area contributed by atoms with Gasteiger partial charge in [-0.05, 0) is 7.05 Å². The minimum Gasteiger partial charge on any atom is -0.359 e. The molecule has 0 heterocycles. The van der Waals surface area contributed by atoms with Crippen LogP contribution >= 0.6 is 0 Å². The van der Waals surface area contributed by atoms with Gasteiger partial charge < -0.3 is 5.23 Å². The average molecular weight is 118 g/mol. The Hall–Kier alpha value is -0.755. The van der Waals surface area contributed by atoms with E-state index in [0.29, 0.717) is 0 Å². The van der Waals surface area contributed by atoms with Crippen LogP contribution in [0.25, 0.3) is 0 Å². The Morgan fingerprint density at radius 2 is 1.89 bits per heavy atom. The largest absolute Gasteiger partial charge is 0.359 e. The van der Waals surface area contributed by atoms with Crippen molar-refractivity contribution in [1.29, 1.82) is 0 Å². The Kier molecular flexibility index (Phi) is 2.34. The first-order valence-electron chi connectivity index (χ1n) is 2.99. The third-order valence-electron chi connectivity index (χ3n) is 1.11. The number of hydrogen-bond donors (Lipinski definition) is 1. The normalized spacial score (nSPS) is 9.00. The Morgan fingerprint density at radius 3 is 2.44 bits per heavy atom. The summed E-state index contributed by atoms with van der Waals surface area (Å²) in [4.78, 5) is 0. The molecule has 0 bridgehead atoms. The Labute approximate surface area is 56.4 Å². The molecule has 0 aromatic heterocycles. The minimum absolute atomic E-state index is 1.21. The lowest BCUT2D eigenvalue weighted by molar-refractivity contribution is 1.26. The van der Waals surface area contributed by atoms with Crippen molar-refractivity contribution in [3.05, 3.63) is 30.3 Å². The zero-order valence-electron chi connectivity index (χ0n) is 5.46. The van der Waals surface area contributed by atoms with Crippen molar-refractivity contribution in [3.8, 4) is 0 Å². The standard InChI is InChI=1S/C7H9BN/c1-9-8-7-5-3-2-4-6-7/h2-6,9H,1H3. The molecular weight excluding hydrogens is 109 g/mol. The fourth-order valence-corrected chi connectivity index (χ4v) is 0.716. The molecule has 1 nitrogen and oxygen atoms in total. The summed E-state index contributed by atoms with van der Waals surface area (Å²) in [7, 11) is 3.85. The Balaban J connectivity index is 2.61. The number of hydrogen-bond acceptors (Lipinski definition) is 1. The van der Waals surface area contributed by atoms with Gasteiger partial charge in [-0.3, -0.25) is 0 Å². The van der Waals surface area contributed by atoms with Gasteiger partial charge in [0.2, 0.25) is 7.41 Å². The topological polar surface area (TPSA) is 12.0 Å². The van der Waals surface area contributed by atoms with Crippen LogP contribution in [-0.4, -0.2) is 14.5 Å². The van der Waals surface area contributed by atoms with E-state index in [1.807, 2.05) is 32.7 Å². The van der Waals surface area contributed by atoms with Crippen LogP contribution in [0.3, 0.4) is 0 Å². The molecule has 0 aliphatic heterocycles. The van der Waals surface area contributed by atoms with Crippen LogP contribution in [0, 0.1) is 0 Å². The zero-order valence-corrected chi connectivity index (χ0v) is 5.46. The molecule has 0 saturated heterocycles. The highest BCUT2D eigenvalue weighted by atomic mass is 14.7. The first-order valence-corrected chi connectivity index (χ1v) is 2.99. The maximum Gasteiger partial charge on any atom is 0.244 e.